The Balaban J connectivity index is 1.27. The van der Waals surface area contributed by atoms with Gasteiger partial charge in [-0.2, -0.15) is 0 Å². The molecule has 0 aliphatic carbocycles. The van der Waals surface area contributed by atoms with Crippen molar-refractivity contribution in [1.82, 2.24) is 20.4 Å². The maximum Gasteiger partial charge on any atom is 0.410 e. The second kappa shape index (κ2) is 19.1. The molecule has 2 fully saturated rings. The molecule has 2 aliphatic heterocycles. The minimum absolute atomic E-state index is 0.000568. The Hall–Kier alpha value is -4.61. The van der Waals surface area contributed by atoms with Crippen LogP contribution < -0.4 is 15.4 Å². The van der Waals surface area contributed by atoms with E-state index in [0.29, 0.717) is 57.8 Å². The Labute approximate surface area is 301 Å². The van der Waals surface area contributed by atoms with Crippen LogP contribution in [-0.2, 0) is 41.7 Å². The van der Waals surface area contributed by atoms with Crippen LogP contribution in [0, 0.1) is 11.8 Å². The number of ether oxygens (including phenoxy) is 3. The Morgan fingerprint density at radius 2 is 1.59 bits per heavy atom. The second-order valence-electron chi connectivity index (χ2n) is 14.4. The number of nitrogens with one attached hydrogen (secondary N) is 2. The van der Waals surface area contributed by atoms with Crippen LogP contribution in [0.25, 0.3) is 0 Å². The van der Waals surface area contributed by atoms with E-state index in [4.69, 9.17) is 14.2 Å². The molecule has 2 aromatic rings. The van der Waals surface area contributed by atoms with Crippen molar-refractivity contribution in [2.45, 2.75) is 90.4 Å². The van der Waals surface area contributed by atoms with E-state index in [-0.39, 0.29) is 37.5 Å². The number of benzene rings is 2. The molecule has 4 amide bonds. The summed E-state index contributed by atoms with van der Waals surface area (Å²) in [7, 11) is 1.60. The van der Waals surface area contributed by atoms with Crippen molar-refractivity contribution >= 4 is 29.8 Å². The van der Waals surface area contributed by atoms with Gasteiger partial charge in [-0.1, -0.05) is 42.5 Å². The molecule has 0 spiro atoms. The fourth-order valence-corrected chi connectivity index (χ4v) is 6.34. The summed E-state index contributed by atoms with van der Waals surface area (Å²) in [5.74, 6) is -0.883. The fourth-order valence-electron chi connectivity index (χ4n) is 6.34. The molecule has 2 aromatic carbocycles. The molecule has 12 nitrogen and oxygen atoms in total. The van der Waals surface area contributed by atoms with E-state index in [9.17, 15) is 24.0 Å². The van der Waals surface area contributed by atoms with Gasteiger partial charge in [0, 0.05) is 39.1 Å². The molecule has 1 unspecified atom stereocenters. The molecule has 2 atom stereocenters. The molecule has 2 aliphatic rings. The number of esters is 1. The minimum Gasteiger partial charge on any atom is -0.497 e. The predicted octanol–water partition coefficient (Wildman–Crippen LogP) is 4.64. The van der Waals surface area contributed by atoms with Gasteiger partial charge >= 0.3 is 12.1 Å². The lowest BCUT2D eigenvalue weighted by molar-refractivity contribution is -0.147. The lowest BCUT2D eigenvalue weighted by Gasteiger charge is -2.35. The van der Waals surface area contributed by atoms with Gasteiger partial charge in [-0.25, -0.2) is 4.79 Å². The van der Waals surface area contributed by atoms with E-state index >= 15 is 0 Å². The number of hydrogen-bond acceptors (Lipinski definition) is 8. The van der Waals surface area contributed by atoms with Gasteiger partial charge in [0.05, 0.1) is 19.4 Å². The highest BCUT2D eigenvalue weighted by Crippen LogP contribution is 2.25. The molecule has 278 valence electrons. The summed E-state index contributed by atoms with van der Waals surface area (Å²) < 4.78 is 16.1. The summed E-state index contributed by atoms with van der Waals surface area (Å²) in [6.07, 6.45) is 3.89. The summed E-state index contributed by atoms with van der Waals surface area (Å²) in [6, 6.07) is 15.6. The smallest absolute Gasteiger partial charge is 0.410 e. The molecule has 0 bridgehead atoms. The van der Waals surface area contributed by atoms with Crippen LogP contribution >= 0.6 is 0 Å². The highest BCUT2D eigenvalue weighted by atomic mass is 16.6. The molecule has 0 saturated carbocycles. The number of carbonyl (C=O) groups excluding carboxylic acids is 5. The molecular formula is C39H54N4O8. The lowest BCUT2D eigenvalue weighted by atomic mass is 9.91. The summed E-state index contributed by atoms with van der Waals surface area (Å²) in [5, 5.41) is 5.66. The monoisotopic (exact) mass is 706 g/mol. The molecule has 0 radical (unpaired) electrons. The van der Waals surface area contributed by atoms with E-state index in [1.165, 1.54) is 0 Å². The van der Waals surface area contributed by atoms with Gasteiger partial charge in [0.1, 0.15) is 24.0 Å². The predicted molar refractivity (Wildman–Crippen MR) is 192 cm³/mol. The molecule has 12 heteroatoms. The largest absolute Gasteiger partial charge is 0.497 e. The first kappa shape index (κ1) is 39.2. The highest BCUT2D eigenvalue weighted by Gasteiger charge is 2.33. The Morgan fingerprint density at radius 3 is 2.25 bits per heavy atom. The highest BCUT2D eigenvalue weighted by molar-refractivity contribution is 5.92. The molecule has 2 saturated heterocycles. The standard InChI is InChI=1S/C39H54N4O8/c1-39(2,3)51-38(48)42-23-19-29(20-24-42)14-17-34(44)43-22-8-11-31(26-43)36(46)41-33(25-35(45)50-27-30-9-6-5-7-10-30)37(47)40-21-18-28-12-15-32(49-4)16-13-28/h5-7,9-10,12-13,15-16,29,31,33H,8,11,14,17-27H2,1-4H3,(H,40,47)(H,41,46)/t31-,33?/m1/s1. The third kappa shape index (κ3) is 13.2. The number of piperidine rings is 2. The number of methoxy groups -OCH3 is 1. The van der Waals surface area contributed by atoms with Crippen LogP contribution in [0.15, 0.2) is 54.6 Å². The maximum absolute atomic E-state index is 13.5. The van der Waals surface area contributed by atoms with Gasteiger partial charge in [0.15, 0.2) is 0 Å². The van der Waals surface area contributed by atoms with Crippen LogP contribution in [-0.4, -0.2) is 91.1 Å². The van der Waals surface area contributed by atoms with Gasteiger partial charge in [-0.15, -0.1) is 0 Å². The Bertz CT molecular complexity index is 1450. The first-order valence-corrected chi connectivity index (χ1v) is 18.1. The van der Waals surface area contributed by atoms with Crippen molar-refractivity contribution in [3.05, 3.63) is 65.7 Å². The average Bonchev–Trinajstić information content (AvgIpc) is 3.13. The number of amides is 4. The van der Waals surface area contributed by atoms with Crippen LogP contribution in [0.1, 0.15) is 76.8 Å². The van der Waals surface area contributed by atoms with Crippen molar-refractivity contribution in [1.29, 1.82) is 0 Å². The van der Waals surface area contributed by atoms with Gasteiger partial charge in [0.25, 0.3) is 0 Å². The van der Waals surface area contributed by atoms with Crippen molar-refractivity contribution in [3.8, 4) is 5.75 Å². The molecular weight excluding hydrogens is 652 g/mol. The Morgan fingerprint density at radius 1 is 0.882 bits per heavy atom. The van der Waals surface area contributed by atoms with Gasteiger partial charge in [-0.05, 0) is 88.5 Å². The summed E-state index contributed by atoms with van der Waals surface area (Å²) in [4.78, 5) is 68.9. The lowest BCUT2D eigenvalue weighted by Crippen LogP contribution is -2.52. The third-order valence-electron chi connectivity index (χ3n) is 9.30. The third-order valence-corrected chi connectivity index (χ3v) is 9.30. The first-order valence-electron chi connectivity index (χ1n) is 18.1. The quantitative estimate of drug-likeness (QED) is 0.271. The minimum atomic E-state index is -1.13. The van der Waals surface area contributed by atoms with Crippen molar-refractivity contribution < 1.29 is 38.2 Å². The van der Waals surface area contributed by atoms with E-state index in [1.54, 1.807) is 16.9 Å². The zero-order chi connectivity index (χ0) is 36.8. The number of rotatable bonds is 14. The number of nitrogens with zero attached hydrogens (tertiary/aromatic N) is 2. The van der Waals surface area contributed by atoms with E-state index in [0.717, 1.165) is 36.1 Å². The van der Waals surface area contributed by atoms with Crippen LogP contribution in [0.5, 0.6) is 5.75 Å². The normalized spacial score (nSPS) is 17.2. The molecule has 2 heterocycles. The van der Waals surface area contributed by atoms with Crippen LogP contribution in [0.3, 0.4) is 0 Å². The van der Waals surface area contributed by atoms with Gasteiger partial charge in [0.2, 0.25) is 17.7 Å². The molecule has 4 rings (SSSR count). The summed E-state index contributed by atoms with van der Waals surface area (Å²) in [6.45, 7) is 7.96. The van der Waals surface area contributed by atoms with Crippen molar-refractivity contribution in [2.24, 2.45) is 11.8 Å². The topological polar surface area (TPSA) is 144 Å². The van der Waals surface area contributed by atoms with Crippen LogP contribution in [0.4, 0.5) is 4.79 Å². The van der Waals surface area contributed by atoms with E-state index < -0.39 is 29.4 Å². The summed E-state index contributed by atoms with van der Waals surface area (Å²) in [5.41, 5.74) is 1.27. The fraction of sp³-hybridized carbons (Fsp3) is 0.564. The van der Waals surface area contributed by atoms with Gasteiger partial charge < -0.3 is 34.6 Å². The summed E-state index contributed by atoms with van der Waals surface area (Å²) >= 11 is 0. The Kier molecular flexibility index (Phi) is 14.7. The molecule has 51 heavy (non-hydrogen) atoms. The van der Waals surface area contributed by atoms with E-state index in [2.05, 4.69) is 10.6 Å². The first-order chi connectivity index (χ1) is 24.4. The van der Waals surface area contributed by atoms with Crippen molar-refractivity contribution in [2.75, 3.05) is 39.8 Å². The zero-order valence-electron chi connectivity index (χ0n) is 30.5. The second-order valence-corrected chi connectivity index (χ2v) is 14.4. The number of hydrogen-bond donors (Lipinski definition) is 2. The SMILES string of the molecule is COc1ccc(CCNC(=O)C(CC(=O)OCc2ccccc2)NC(=O)[C@@H]2CCCN(C(=O)CCC3CCN(C(=O)OC(C)(C)C)CC3)C2)cc1. The number of carbonyl (C=O) groups is 5. The van der Waals surface area contributed by atoms with Gasteiger partial charge in [-0.3, -0.25) is 19.2 Å². The average molecular weight is 707 g/mol. The van der Waals surface area contributed by atoms with Crippen LogP contribution in [0.2, 0.25) is 0 Å². The van der Waals surface area contributed by atoms with E-state index in [1.807, 2.05) is 75.4 Å². The molecule has 2 N–H and O–H groups in total. The maximum atomic E-state index is 13.5. The van der Waals surface area contributed by atoms with Crippen molar-refractivity contribution in [3.63, 3.8) is 0 Å². The zero-order valence-corrected chi connectivity index (χ0v) is 30.5. The molecule has 0 aromatic heterocycles. The number of likely N-dealkylation sites (tertiary alicyclic amines) is 2.